The summed E-state index contributed by atoms with van der Waals surface area (Å²) in [5.41, 5.74) is 2.87. The average Bonchev–Trinajstić information content (AvgIpc) is 2.21. The molecule has 0 bridgehead atoms. The Morgan fingerprint density at radius 3 is 2.50 bits per heavy atom. The van der Waals surface area contributed by atoms with Crippen molar-refractivity contribution in [2.24, 2.45) is 0 Å². The molecule has 1 nitrogen and oxygen atoms in total. The van der Waals surface area contributed by atoms with Crippen LogP contribution in [0.2, 0.25) is 0 Å². The van der Waals surface area contributed by atoms with Gasteiger partial charge in [-0.25, -0.2) is 0 Å². The van der Waals surface area contributed by atoms with Gasteiger partial charge < -0.3 is 0 Å². The Morgan fingerprint density at radius 1 is 1.17 bits per heavy atom. The molecule has 2 rings (SSSR count). The third-order valence-corrected chi connectivity index (χ3v) is 3.75. The molecule has 66 valence electrons. The van der Waals surface area contributed by atoms with Gasteiger partial charge in [-0.3, -0.25) is 4.98 Å². The molecule has 0 unspecified atom stereocenters. The predicted molar refractivity (Wildman–Crippen MR) is 58.2 cm³/mol. The Bertz CT molecular complexity index is 213. The molecule has 0 saturated heterocycles. The monoisotopic (exact) mass is 199 g/mol. The molecular formula is C9H13NS2. The molecule has 1 aromatic heterocycles. The van der Waals surface area contributed by atoms with E-state index in [0.29, 0.717) is 0 Å². The maximum Gasteiger partial charge on any atom is 0.0311 e. The lowest BCUT2D eigenvalue weighted by molar-refractivity contribution is 1.18. The Kier molecular flexibility index (Phi) is 4.54. The first kappa shape index (κ1) is 9.93. The summed E-state index contributed by atoms with van der Waals surface area (Å²) in [5, 5.41) is 0. The van der Waals surface area contributed by atoms with Crippen LogP contribution in [0.25, 0.3) is 0 Å². The average molecular weight is 199 g/mol. The molecule has 1 aliphatic heterocycles. The van der Waals surface area contributed by atoms with Crippen LogP contribution in [0, 0.1) is 0 Å². The first-order valence-electron chi connectivity index (χ1n) is 4.13. The van der Waals surface area contributed by atoms with E-state index in [1.807, 2.05) is 47.8 Å². The molecule has 0 radical (unpaired) electrons. The van der Waals surface area contributed by atoms with Gasteiger partial charge in [0.1, 0.15) is 0 Å². The van der Waals surface area contributed by atoms with E-state index in [0.717, 1.165) is 11.5 Å². The first-order chi connectivity index (χ1) is 5.97. The standard InChI is InChI=1S/C7H7NS2.C2H6/c1-2-8-3-7-5-10-9-4-6(1)7;1-2/h1-3H,4-5H2;1-2H3. The lowest BCUT2D eigenvalue weighted by Gasteiger charge is -2.12. The van der Waals surface area contributed by atoms with E-state index in [9.17, 15) is 0 Å². The lowest BCUT2D eigenvalue weighted by atomic mass is 10.2. The van der Waals surface area contributed by atoms with Crippen molar-refractivity contribution in [1.29, 1.82) is 0 Å². The Balaban J connectivity index is 0.000000336. The molecule has 0 spiro atoms. The minimum atomic E-state index is 1.12. The third-order valence-electron chi connectivity index (χ3n) is 1.52. The van der Waals surface area contributed by atoms with Gasteiger partial charge in [-0.05, 0) is 17.2 Å². The fourth-order valence-corrected chi connectivity index (χ4v) is 3.16. The Morgan fingerprint density at radius 2 is 1.83 bits per heavy atom. The van der Waals surface area contributed by atoms with Crippen LogP contribution in [0.4, 0.5) is 0 Å². The zero-order valence-electron chi connectivity index (χ0n) is 7.41. The molecule has 0 amide bonds. The van der Waals surface area contributed by atoms with E-state index in [1.54, 1.807) is 0 Å². The summed E-state index contributed by atoms with van der Waals surface area (Å²) in [6.45, 7) is 4.00. The van der Waals surface area contributed by atoms with Crippen LogP contribution < -0.4 is 0 Å². The molecule has 0 aromatic carbocycles. The molecule has 0 atom stereocenters. The van der Waals surface area contributed by atoms with E-state index in [2.05, 4.69) is 11.1 Å². The zero-order chi connectivity index (χ0) is 8.81. The van der Waals surface area contributed by atoms with Gasteiger partial charge in [-0.1, -0.05) is 35.4 Å². The SMILES string of the molecule is CC.c1cc2c(cn1)CSSC2. The summed E-state index contributed by atoms with van der Waals surface area (Å²) < 4.78 is 0. The maximum atomic E-state index is 4.08. The highest BCUT2D eigenvalue weighted by atomic mass is 33.1. The van der Waals surface area contributed by atoms with Gasteiger partial charge in [-0.15, -0.1) is 0 Å². The number of pyridine rings is 1. The minimum Gasteiger partial charge on any atom is -0.264 e. The number of hydrogen-bond acceptors (Lipinski definition) is 3. The highest BCUT2D eigenvalue weighted by Crippen LogP contribution is 2.36. The summed E-state index contributed by atoms with van der Waals surface area (Å²) in [4.78, 5) is 4.08. The largest absolute Gasteiger partial charge is 0.264 e. The van der Waals surface area contributed by atoms with E-state index in [-0.39, 0.29) is 0 Å². The second kappa shape index (κ2) is 5.49. The summed E-state index contributed by atoms with van der Waals surface area (Å²) in [6.07, 6.45) is 3.84. The second-order valence-corrected chi connectivity index (χ2v) is 4.63. The lowest BCUT2D eigenvalue weighted by Crippen LogP contribution is -1.94. The third kappa shape index (κ3) is 2.42. The van der Waals surface area contributed by atoms with Crippen molar-refractivity contribution in [3.8, 4) is 0 Å². The van der Waals surface area contributed by atoms with E-state index in [4.69, 9.17) is 0 Å². The highest BCUT2D eigenvalue weighted by Gasteiger charge is 2.07. The van der Waals surface area contributed by atoms with Gasteiger partial charge in [0.25, 0.3) is 0 Å². The summed E-state index contributed by atoms with van der Waals surface area (Å²) in [5.74, 6) is 2.26. The van der Waals surface area contributed by atoms with Crippen LogP contribution >= 0.6 is 21.6 Å². The molecule has 0 N–H and O–H groups in total. The predicted octanol–water partition coefficient (Wildman–Crippen LogP) is 3.50. The molecule has 0 aliphatic carbocycles. The van der Waals surface area contributed by atoms with Crippen LogP contribution in [0.3, 0.4) is 0 Å². The quantitative estimate of drug-likeness (QED) is 0.594. The molecule has 2 heterocycles. The summed E-state index contributed by atoms with van der Waals surface area (Å²) in [6, 6.07) is 2.11. The number of hydrogen-bond donors (Lipinski definition) is 0. The van der Waals surface area contributed by atoms with Crippen molar-refractivity contribution in [3.05, 3.63) is 29.6 Å². The Hall–Kier alpha value is -0.150. The van der Waals surface area contributed by atoms with E-state index >= 15 is 0 Å². The van der Waals surface area contributed by atoms with Gasteiger partial charge in [0.15, 0.2) is 0 Å². The molecule has 1 aliphatic rings. The van der Waals surface area contributed by atoms with Crippen LogP contribution in [0.1, 0.15) is 25.0 Å². The van der Waals surface area contributed by atoms with Crippen molar-refractivity contribution in [2.45, 2.75) is 25.4 Å². The first-order valence-corrected chi connectivity index (χ1v) is 6.62. The Labute approximate surface area is 81.8 Å². The van der Waals surface area contributed by atoms with Crippen molar-refractivity contribution in [2.75, 3.05) is 0 Å². The molecule has 0 fully saturated rings. The smallest absolute Gasteiger partial charge is 0.0311 e. The summed E-state index contributed by atoms with van der Waals surface area (Å²) >= 11 is 0. The zero-order valence-corrected chi connectivity index (χ0v) is 9.04. The van der Waals surface area contributed by atoms with Crippen molar-refractivity contribution in [1.82, 2.24) is 4.98 Å². The van der Waals surface area contributed by atoms with Gasteiger partial charge in [0.05, 0.1) is 0 Å². The van der Waals surface area contributed by atoms with E-state index in [1.165, 1.54) is 11.1 Å². The fraction of sp³-hybridized carbons (Fsp3) is 0.444. The highest BCUT2D eigenvalue weighted by molar-refractivity contribution is 8.76. The van der Waals surface area contributed by atoms with Gasteiger partial charge >= 0.3 is 0 Å². The van der Waals surface area contributed by atoms with Crippen molar-refractivity contribution < 1.29 is 0 Å². The molecule has 12 heavy (non-hydrogen) atoms. The normalized spacial score (nSPS) is 14.2. The van der Waals surface area contributed by atoms with Crippen molar-refractivity contribution >= 4 is 21.6 Å². The van der Waals surface area contributed by atoms with Crippen LogP contribution in [0.15, 0.2) is 18.5 Å². The molecule has 0 saturated carbocycles. The number of fused-ring (bicyclic) bond motifs is 1. The second-order valence-electron chi connectivity index (χ2n) is 2.17. The van der Waals surface area contributed by atoms with Gasteiger partial charge in [0.2, 0.25) is 0 Å². The number of nitrogens with zero attached hydrogens (tertiary/aromatic N) is 1. The fourth-order valence-electron chi connectivity index (χ4n) is 0.937. The topological polar surface area (TPSA) is 12.9 Å². The summed E-state index contributed by atoms with van der Waals surface area (Å²) in [7, 11) is 3.84. The van der Waals surface area contributed by atoms with Crippen LogP contribution in [0.5, 0.6) is 0 Å². The molecule has 3 heteroatoms. The van der Waals surface area contributed by atoms with Gasteiger partial charge in [-0.2, -0.15) is 0 Å². The van der Waals surface area contributed by atoms with Gasteiger partial charge in [0, 0.05) is 23.9 Å². The number of rotatable bonds is 0. The molecular weight excluding hydrogens is 186 g/mol. The van der Waals surface area contributed by atoms with Crippen LogP contribution in [-0.4, -0.2) is 4.98 Å². The van der Waals surface area contributed by atoms with E-state index < -0.39 is 0 Å². The number of aromatic nitrogens is 1. The maximum absolute atomic E-state index is 4.08. The van der Waals surface area contributed by atoms with Crippen LogP contribution in [-0.2, 0) is 11.5 Å². The van der Waals surface area contributed by atoms with Crippen molar-refractivity contribution in [3.63, 3.8) is 0 Å². The molecule has 1 aromatic rings. The minimum absolute atomic E-state index is 1.12.